The molecule has 0 aliphatic carbocycles. The van der Waals surface area contributed by atoms with Gasteiger partial charge in [0.2, 0.25) is 5.91 Å². The Balaban J connectivity index is 2.78. The number of benzene rings is 1. The summed E-state index contributed by atoms with van der Waals surface area (Å²) in [5.74, 6) is -2.21. The van der Waals surface area contributed by atoms with Gasteiger partial charge in [0.1, 0.15) is 5.82 Å². The average Bonchev–Trinajstić information content (AvgIpc) is 2.28. The molecule has 6 heteroatoms. The fourth-order valence-corrected chi connectivity index (χ4v) is 1.67. The molecule has 1 atom stereocenters. The third kappa shape index (κ3) is 4.67. The largest absolute Gasteiger partial charge is 0.478 e. The highest BCUT2D eigenvalue weighted by Gasteiger charge is 2.15. The topological polar surface area (TPSA) is 75.6 Å². The van der Waals surface area contributed by atoms with Crippen molar-refractivity contribution in [2.45, 2.75) is 13.3 Å². The summed E-state index contributed by atoms with van der Waals surface area (Å²) in [7, 11) is 1.53. The van der Waals surface area contributed by atoms with Crippen molar-refractivity contribution in [2.24, 2.45) is 5.92 Å². The molecule has 2 N–H and O–H groups in total. The maximum atomic E-state index is 13.1. The molecule has 104 valence electrons. The zero-order valence-corrected chi connectivity index (χ0v) is 10.8. The molecule has 1 rings (SSSR count). The first-order valence-corrected chi connectivity index (χ1v) is 5.75. The first kappa shape index (κ1) is 15.1. The summed E-state index contributed by atoms with van der Waals surface area (Å²) < 4.78 is 18.0. The van der Waals surface area contributed by atoms with E-state index in [9.17, 15) is 14.0 Å². The van der Waals surface area contributed by atoms with Crippen molar-refractivity contribution >= 4 is 17.6 Å². The summed E-state index contributed by atoms with van der Waals surface area (Å²) >= 11 is 0. The fraction of sp³-hybridized carbons (Fsp3) is 0.385. The lowest BCUT2D eigenvalue weighted by Crippen LogP contribution is -2.19. The van der Waals surface area contributed by atoms with Crippen molar-refractivity contribution in [1.82, 2.24) is 0 Å². The number of ether oxygens (including phenoxy) is 1. The molecule has 0 aliphatic heterocycles. The van der Waals surface area contributed by atoms with E-state index in [0.717, 1.165) is 18.2 Å². The van der Waals surface area contributed by atoms with E-state index in [4.69, 9.17) is 9.84 Å². The summed E-state index contributed by atoms with van der Waals surface area (Å²) in [4.78, 5) is 22.6. The van der Waals surface area contributed by atoms with Crippen molar-refractivity contribution in [3.8, 4) is 0 Å². The Bertz CT molecular complexity index is 476. The second-order valence-corrected chi connectivity index (χ2v) is 4.31. The predicted molar refractivity (Wildman–Crippen MR) is 67.6 cm³/mol. The summed E-state index contributed by atoms with van der Waals surface area (Å²) in [6.45, 7) is 2.25. The number of anilines is 1. The van der Waals surface area contributed by atoms with Crippen molar-refractivity contribution in [3.63, 3.8) is 0 Å². The molecule has 1 aromatic rings. The number of methoxy groups -OCH3 is 1. The molecular formula is C13H16FNO4. The fourth-order valence-electron chi connectivity index (χ4n) is 1.67. The van der Waals surface area contributed by atoms with Crippen LogP contribution in [0.15, 0.2) is 18.2 Å². The zero-order valence-electron chi connectivity index (χ0n) is 10.8. The lowest BCUT2D eigenvalue weighted by Gasteiger charge is -2.12. The monoisotopic (exact) mass is 269 g/mol. The van der Waals surface area contributed by atoms with Crippen LogP contribution in [0.2, 0.25) is 0 Å². The molecule has 0 bridgehead atoms. The minimum atomic E-state index is -1.22. The molecule has 0 radical (unpaired) electrons. The molecule has 1 unspecified atom stereocenters. The van der Waals surface area contributed by atoms with Gasteiger partial charge in [-0.2, -0.15) is 0 Å². The Hall–Kier alpha value is -1.95. The molecule has 0 spiro atoms. The van der Waals surface area contributed by atoms with Gasteiger partial charge in [-0.25, -0.2) is 9.18 Å². The van der Waals surface area contributed by atoms with E-state index in [2.05, 4.69) is 5.32 Å². The van der Waals surface area contributed by atoms with Crippen LogP contribution in [0.1, 0.15) is 23.7 Å². The Labute approximate surface area is 110 Å². The summed E-state index contributed by atoms with van der Waals surface area (Å²) in [6.07, 6.45) is 0.170. The van der Waals surface area contributed by atoms with Gasteiger partial charge >= 0.3 is 5.97 Å². The minimum absolute atomic E-state index is 0.00756. The second-order valence-electron chi connectivity index (χ2n) is 4.31. The van der Waals surface area contributed by atoms with Crippen LogP contribution in [-0.2, 0) is 9.53 Å². The number of carboxylic acid groups (broad SMARTS) is 1. The lowest BCUT2D eigenvalue weighted by atomic mass is 10.1. The molecular weight excluding hydrogens is 253 g/mol. The molecule has 1 aromatic carbocycles. The maximum Gasteiger partial charge on any atom is 0.337 e. The van der Waals surface area contributed by atoms with Gasteiger partial charge in [-0.05, 0) is 24.1 Å². The van der Waals surface area contributed by atoms with Crippen LogP contribution in [0.4, 0.5) is 10.1 Å². The molecule has 0 aliphatic rings. The number of hydrogen-bond donors (Lipinski definition) is 2. The normalized spacial score (nSPS) is 11.9. The van der Waals surface area contributed by atoms with Crippen LogP contribution in [-0.4, -0.2) is 30.7 Å². The van der Waals surface area contributed by atoms with E-state index in [-0.39, 0.29) is 29.5 Å². The average molecular weight is 269 g/mol. The van der Waals surface area contributed by atoms with Crippen LogP contribution in [0.25, 0.3) is 0 Å². The maximum absolute atomic E-state index is 13.1. The summed E-state index contributed by atoms with van der Waals surface area (Å²) in [5, 5.41) is 11.3. The van der Waals surface area contributed by atoms with Crippen LogP contribution >= 0.6 is 0 Å². The third-order valence-electron chi connectivity index (χ3n) is 2.47. The summed E-state index contributed by atoms with van der Waals surface area (Å²) in [6, 6.07) is 3.14. The van der Waals surface area contributed by atoms with Crippen molar-refractivity contribution in [2.75, 3.05) is 19.0 Å². The number of rotatable bonds is 6. The van der Waals surface area contributed by atoms with E-state index in [1.165, 1.54) is 7.11 Å². The number of hydrogen-bond acceptors (Lipinski definition) is 3. The van der Waals surface area contributed by atoms with Crippen molar-refractivity contribution in [1.29, 1.82) is 0 Å². The standard InChI is InChI=1S/C13H16FNO4/c1-8(7-19-2)5-12(16)15-11-6-9(14)3-4-10(11)13(17)18/h3-4,6,8H,5,7H2,1-2H3,(H,15,16)(H,17,18). The number of amides is 1. The quantitative estimate of drug-likeness (QED) is 0.829. The highest BCUT2D eigenvalue weighted by atomic mass is 19.1. The molecule has 1 amide bonds. The number of carbonyl (C=O) groups excluding carboxylic acids is 1. The molecule has 0 aromatic heterocycles. The predicted octanol–water partition coefficient (Wildman–Crippen LogP) is 2.14. The third-order valence-corrected chi connectivity index (χ3v) is 2.47. The van der Waals surface area contributed by atoms with E-state index in [0.29, 0.717) is 6.61 Å². The minimum Gasteiger partial charge on any atom is -0.478 e. The van der Waals surface area contributed by atoms with Crippen LogP contribution < -0.4 is 5.32 Å². The van der Waals surface area contributed by atoms with E-state index < -0.39 is 11.8 Å². The Morgan fingerprint density at radius 2 is 2.16 bits per heavy atom. The SMILES string of the molecule is COCC(C)CC(=O)Nc1cc(F)ccc1C(=O)O. The summed E-state index contributed by atoms with van der Waals surface area (Å²) in [5.41, 5.74) is -0.184. The smallest absolute Gasteiger partial charge is 0.337 e. The first-order chi connectivity index (χ1) is 8.93. The molecule has 0 saturated carbocycles. The number of carboxylic acids is 1. The first-order valence-electron chi connectivity index (χ1n) is 5.75. The van der Waals surface area contributed by atoms with Gasteiger partial charge in [0, 0.05) is 20.1 Å². The Morgan fingerprint density at radius 1 is 1.47 bits per heavy atom. The molecule has 5 nitrogen and oxygen atoms in total. The van der Waals surface area contributed by atoms with Gasteiger partial charge in [0.05, 0.1) is 11.3 Å². The van der Waals surface area contributed by atoms with Crippen LogP contribution in [0.5, 0.6) is 0 Å². The Kier molecular flexibility index (Phi) is 5.44. The van der Waals surface area contributed by atoms with Gasteiger partial charge in [0.25, 0.3) is 0 Å². The van der Waals surface area contributed by atoms with Gasteiger partial charge in [-0.3, -0.25) is 4.79 Å². The van der Waals surface area contributed by atoms with E-state index >= 15 is 0 Å². The molecule has 0 saturated heterocycles. The van der Waals surface area contributed by atoms with Crippen LogP contribution in [0, 0.1) is 11.7 Å². The molecule has 19 heavy (non-hydrogen) atoms. The Morgan fingerprint density at radius 3 is 2.74 bits per heavy atom. The lowest BCUT2D eigenvalue weighted by molar-refractivity contribution is -0.117. The number of aromatic carboxylic acids is 1. The number of halogens is 1. The highest BCUT2D eigenvalue weighted by molar-refractivity contribution is 6.00. The number of carbonyl (C=O) groups is 2. The van der Waals surface area contributed by atoms with E-state index in [1.54, 1.807) is 0 Å². The number of nitrogens with one attached hydrogen (secondary N) is 1. The van der Waals surface area contributed by atoms with Crippen LogP contribution in [0.3, 0.4) is 0 Å². The van der Waals surface area contributed by atoms with Gasteiger partial charge in [-0.15, -0.1) is 0 Å². The van der Waals surface area contributed by atoms with Gasteiger partial charge in [-0.1, -0.05) is 6.92 Å². The zero-order chi connectivity index (χ0) is 14.4. The second kappa shape index (κ2) is 6.84. The highest BCUT2D eigenvalue weighted by Crippen LogP contribution is 2.18. The van der Waals surface area contributed by atoms with E-state index in [1.807, 2.05) is 6.92 Å². The van der Waals surface area contributed by atoms with Gasteiger partial charge in [0.15, 0.2) is 0 Å². The molecule has 0 fully saturated rings. The van der Waals surface area contributed by atoms with Crippen molar-refractivity contribution in [3.05, 3.63) is 29.6 Å². The molecule has 0 heterocycles. The van der Waals surface area contributed by atoms with Gasteiger partial charge < -0.3 is 15.2 Å². The van der Waals surface area contributed by atoms with Crippen molar-refractivity contribution < 1.29 is 23.8 Å².